The van der Waals surface area contributed by atoms with E-state index in [1.165, 1.54) is 23.5 Å². The zero-order chi connectivity index (χ0) is 18.5. The molecule has 0 bridgehead atoms. The number of hydrogen-bond acceptors (Lipinski definition) is 6. The monoisotopic (exact) mass is 388 g/mol. The van der Waals surface area contributed by atoms with Gasteiger partial charge in [0.2, 0.25) is 11.0 Å². The second-order valence-corrected chi connectivity index (χ2v) is 6.95. The Hall–Kier alpha value is -2.84. The van der Waals surface area contributed by atoms with Gasteiger partial charge in [-0.05, 0) is 23.3 Å². The van der Waals surface area contributed by atoms with Crippen LogP contribution < -0.4 is 5.32 Å². The molecule has 0 saturated carbocycles. The zero-order valence-electron chi connectivity index (χ0n) is 13.4. The first kappa shape index (κ1) is 18.0. The Balaban J connectivity index is 1.57. The number of nitro groups is 1. The van der Waals surface area contributed by atoms with E-state index in [1.807, 2.05) is 24.3 Å². The van der Waals surface area contributed by atoms with Gasteiger partial charge >= 0.3 is 0 Å². The third-order valence-electron chi connectivity index (χ3n) is 3.49. The third kappa shape index (κ3) is 4.84. The molecule has 0 saturated heterocycles. The second kappa shape index (κ2) is 8.03. The number of aromatic nitrogens is 2. The van der Waals surface area contributed by atoms with Crippen LogP contribution in [0.3, 0.4) is 0 Å². The molecule has 1 aromatic heterocycles. The standard InChI is InChI=1S/C17H13ClN4O3S/c18-13-5-1-12(2-6-13)10-16-20-21-17(26-16)19-15(23)9-11-3-7-14(8-4-11)22(24)25/h1-8H,9-10H2,(H,19,21,23). The molecule has 0 fully saturated rings. The van der Waals surface area contributed by atoms with Crippen molar-refractivity contribution in [2.24, 2.45) is 0 Å². The molecule has 3 aromatic rings. The van der Waals surface area contributed by atoms with E-state index in [4.69, 9.17) is 11.6 Å². The van der Waals surface area contributed by atoms with Crippen LogP contribution in [0, 0.1) is 10.1 Å². The molecular weight excluding hydrogens is 376 g/mol. The molecule has 7 nitrogen and oxygen atoms in total. The summed E-state index contributed by atoms with van der Waals surface area (Å²) in [7, 11) is 0. The van der Waals surface area contributed by atoms with Crippen molar-refractivity contribution < 1.29 is 9.72 Å². The lowest BCUT2D eigenvalue weighted by Gasteiger charge is -2.01. The van der Waals surface area contributed by atoms with Gasteiger partial charge in [0.1, 0.15) is 5.01 Å². The highest BCUT2D eigenvalue weighted by molar-refractivity contribution is 7.15. The van der Waals surface area contributed by atoms with Crippen LogP contribution in [0.15, 0.2) is 48.5 Å². The number of rotatable bonds is 6. The van der Waals surface area contributed by atoms with Crippen molar-refractivity contribution in [3.63, 3.8) is 0 Å². The summed E-state index contributed by atoms with van der Waals surface area (Å²) >= 11 is 7.16. The minimum Gasteiger partial charge on any atom is -0.300 e. The normalized spacial score (nSPS) is 10.5. The zero-order valence-corrected chi connectivity index (χ0v) is 15.0. The molecule has 0 unspecified atom stereocenters. The van der Waals surface area contributed by atoms with Crippen molar-refractivity contribution in [2.75, 3.05) is 5.32 Å². The van der Waals surface area contributed by atoms with Gasteiger partial charge in [-0.25, -0.2) is 0 Å². The van der Waals surface area contributed by atoms with Crippen molar-refractivity contribution in [1.82, 2.24) is 10.2 Å². The first-order valence-corrected chi connectivity index (χ1v) is 8.79. The Bertz CT molecular complexity index is 926. The van der Waals surface area contributed by atoms with Gasteiger partial charge in [-0.1, -0.05) is 47.2 Å². The number of anilines is 1. The summed E-state index contributed by atoms with van der Waals surface area (Å²) in [4.78, 5) is 22.2. The lowest BCUT2D eigenvalue weighted by molar-refractivity contribution is -0.384. The Labute approximate surface area is 157 Å². The van der Waals surface area contributed by atoms with Gasteiger partial charge in [0.15, 0.2) is 0 Å². The maximum atomic E-state index is 12.1. The first-order valence-electron chi connectivity index (χ1n) is 7.59. The molecule has 1 N–H and O–H groups in total. The van der Waals surface area contributed by atoms with Crippen molar-refractivity contribution in [3.8, 4) is 0 Å². The van der Waals surface area contributed by atoms with Crippen LogP contribution in [0.5, 0.6) is 0 Å². The van der Waals surface area contributed by atoms with Gasteiger partial charge in [0.05, 0.1) is 11.3 Å². The van der Waals surface area contributed by atoms with E-state index in [0.29, 0.717) is 22.1 Å². The van der Waals surface area contributed by atoms with Crippen LogP contribution in [0.1, 0.15) is 16.1 Å². The molecule has 1 heterocycles. The Morgan fingerprint density at radius 2 is 1.73 bits per heavy atom. The highest BCUT2D eigenvalue weighted by Crippen LogP contribution is 2.20. The number of carbonyl (C=O) groups is 1. The van der Waals surface area contributed by atoms with E-state index in [1.54, 1.807) is 12.1 Å². The number of benzene rings is 2. The molecule has 0 aliphatic rings. The molecule has 0 spiro atoms. The summed E-state index contributed by atoms with van der Waals surface area (Å²) in [6.45, 7) is 0. The number of nitro benzene ring substituents is 1. The molecule has 132 valence electrons. The second-order valence-electron chi connectivity index (χ2n) is 5.45. The van der Waals surface area contributed by atoms with Crippen molar-refractivity contribution in [2.45, 2.75) is 12.8 Å². The predicted molar refractivity (Wildman–Crippen MR) is 99.6 cm³/mol. The van der Waals surface area contributed by atoms with Crippen molar-refractivity contribution in [3.05, 3.63) is 79.8 Å². The van der Waals surface area contributed by atoms with E-state index in [0.717, 1.165) is 10.6 Å². The molecule has 0 aliphatic carbocycles. The highest BCUT2D eigenvalue weighted by Gasteiger charge is 2.11. The predicted octanol–water partition coefficient (Wildman–Crippen LogP) is 3.87. The summed E-state index contributed by atoms with van der Waals surface area (Å²) in [6.07, 6.45) is 0.706. The average molecular weight is 389 g/mol. The van der Waals surface area contributed by atoms with E-state index in [9.17, 15) is 14.9 Å². The van der Waals surface area contributed by atoms with Gasteiger partial charge in [-0.2, -0.15) is 0 Å². The van der Waals surface area contributed by atoms with Crippen molar-refractivity contribution in [1.29, 1.82) is 0 Å². The quantitative estimate of drug-likeness (QED) is 0.510. The number of nitrogens with zero attached hydrogens (tertiary/aromatic N) is 3. The smallest absolute Gasteiger partial charge is 0.269 e. The van der Waals surface area contributed by atoms with Gasteiger partial charge in [-0.15, -0.1) is 10.2 Å². The minimum absolute atomic E-state index is 0.00915. The maximum absolute atomic E-state index is 12.1. The topological polar surface area (TPSA) is 98.0 Å². The van der Waals surface area contributed by atoms with Gasteiger partial charge < -0.3 is 5.32 Å². The van der Waals surface area contributed by atoms with E-state index >= 15 is 0 Å². The number of halogens is 1. The maximum Gasteiger partial charge on any atom is 0.269 e. The average Bonchev–Trinajstić information content (AvgIpc) is 3.04. The van der Waals surface area contributed by atoms with Gasteiger partial charge in [0.25, 0.3) is 5.69 Å². The SMILES string of the molecule is O=C(Cc1ccc([N+](=O)[O-])cc1)Nc1nnc(Cc2ccc(Cl)cc2)s1. The number of carbonyl (C=O) groups excluding carboxylic acids is 1. The van der Waals surface area contributed by atoms with Crippen LogP contribution in [0.2, 0.25) is 5.02 Å². The molecule has 9 heteroatoms. The number of non-ortho nitro benzene ring substituents is 1. The van der Waals surface area contributed by atoms with Crippen LogP contribution in [-0.4, -0.2) is 21.0 Å². The fourth-order valence-corrected chi connectivity index (χ4v) is 3.15. The lowest BCUT2D eigenvalue weighted by Crippen LogP contribution is -2.14. The van der Waals surface area contributed by atoms with Crippen LogP contribution >= 0.6 is 22.9 Å². The number of nitrogens with one attached hydrogen (secondary N) is 1. The van der Waals surface area contributed by atoms with Crippen LogP contribution in [-0.2, 0) is 17.6 Å². The molecule has 2 aromatic carbocycles. The molecule has 1 amide bonds. The first-order chi connectivity index (χ1) is 12.5. The third-order valence-corrected chi connectivity index (χ3v) is 4.58. The van der Waals surface area contributed by atoms with Crippen LogP contribution in [0.25, 0.3) is 0 Å². The van der Waals surface area contributed by atoms with Crippen molar-refractivity contribution >= 4 is 39.7 Å². The summed E-state index contributed by atoms with van der Waals surface area (Å²) < 4.78 is 0. The molecule has 0 radical (unpaired) electrons. The van der Waals surface area contributed by atoms with E-state index in [2.05, 4.69) is 15.5 Å². The summed E-state index contributed by atoms with van der Waals surface area (Å²) in [5.41, 5.74) is 1.72. The number of amides is 1. The Morgan fingerprint density at radius 1 is 1.08 bits per heavy atom. The van der Waals surface area contributed by atoms with Gasteiger partial charge in [0, 0.05) is 23.6 Å². The Kier molecular flexibility index (Phi) is 5.55. The summed E-state index contributed by atoms with van der Waals surface area (Å²) in [5, 5.41) is 23.2. The largest absolute Gasteiger partial charge is 0.300 e. The van der Waals surface area contributed by atoms with E-state index < -0.39 is 4.92 Å². The summed E-state index contributed by atoms with van der Waals surface area (Å²) in [5.74, 6) is -0.256. The fraction of sp³-hybridized carbons (Fsp3) is 0.118. The fourth-order valence-electron chi connectivity index (χ4n) is 2.24. The molecule has 26 heavy (non-hydrogen) atoms. The highest BCUT2D eigenvalue weighted by atomic mass is 35.5. The number of hydrogen-bond donors (Lipinski definition) is 1. The van der Waals surface area contributed by atoms with Gasteiger partial charge in [-0.3, -0.25) is 14.9 Å². The summed E-state index contributed by atoms with van der Waals surface area (Å²) in [6, 6.07) is 13.3. The lowest BCUT2D eigenvalue weighted by atomic mass is 10.1. The molecular formula is C17H13ClN4O3S. The minimum atomic E-state index is -0.479. The Morgan fingerprint density at radius 3 is 2.38 bits per heavy atom. The van der Waals surface area contributed by atoms with E-state index in [-0.39, 0.29) is 18.0 Å². The molecule has 0 atom stereocenters. The van der Waals surface area contributed by atoms with Crippen LogP contribution in [0.4, 0.5) is 10.8 Å². The molecule has 0 aliphatic heterocycles. The molecule has 3 rings (SSSR count).